The molecule has 0 radical (unpaired) electrons. The van der Waals surface area contributed by atoms with Gasteiger partial charge in [-0.2, -0.15) is 0 Å². The van der Waals surface area contributed by atoms with Gasteiger partial charge in [0.25, 0.3) is 5.56 Å². The van der Waals surface area contributed by atoms with Crippen LogP contribution in [0.5, 0.6) is 0 Å². The molecule has 1 aliphatic carbocycles. The molecule has 1 aromatic carbocycles. The molecule has 0 amide bonds. The Balaban J connectivity index is 2.08. The molecule has 21 heavy (non-hydrogen) atoms. The molecule has 0 saturated heterocycles. The highest BCUT2D eigenvalue weighted by Gasteiger charge is 2.28. The first kappa shape index (κ1) is 13.9. The number of aromatic nitrogens is 1. The summed E-state index contributed by atoms with van der Waals surface area (Å²) in [7, 11) is 0. The van der Waals surface area contributed by atoms with Crippen LogP contribution < -0.4 is 5.56 Å². The van der Waals surface area contributed by atoms with Crippen molar-refractivity contribution < 1.29 is 0 Å². The number of nitrogens with zero attached hydrogens (tertiary/aromatic N) is 1. The Kier molecular flexibility index (Phi) is 3.78. The first-order valence-corrected chi connectivity index (χ1v) is 7.58. The molecule has 0 N–H and O–H groups in total. The van der Waals surface area contributed by atoms with Crippen LogP contribution in [-0.2, 0) is 13.0 Å². The standard InChI is InChI=1S/C19H21NO/c1-3-7-17-12-18(16-10-11-16)19(21)20(14(17)2)13-15-8-5-4-6-9-15/h3-6,8-9,12,16H,1,7,10-11,13H2,2H3. The Labute approximate surface area is 125 Å². The molecule has 0 aliphatic heterocycles. The first-order valence-electron chi connectivity index (χ1n) is 7.58. The van der Waals surface area contributed by atoms with E-state index in [2.05, 4.69) is 24.8 Å². The zero-order valence-corrected chi connectivity index (χ0v) is 12.5. The van der Waals surface area contributed by atoms with E-state index in [1.54, 1.807) is 0 Å². The molecule has 1 fully saturated rings. The fourth-order valence-corrected chi connectivity index (χ4v) is 2.84. The van der Waals surface area contributed by atoms with Crippen LogP contribution in [0.25, 0.3) is 0 Å². The lowest BCUT2D eigenvalue weighted by atomic mass is 10.0. The summed E-state index contributed by atoms with van der Waals surface area (Å²) < 4.78 is 1.93. The van der Waals surface area contributed by atoms with Gasteiger partial charge in [-0.05, 0) is 49.3 Å². The van der Waals surface area contributed by atoms with Crippen LogP contribution in [0, 0.1) is 6.92 Å². The zero-order valence-electron chi connectivity index (χ0n) is 12.5. The average molecular weight is 279 g/mol. The number of benzene rings is 1. The van der Waals surface area contributed by atoms with E-state index in [0.717, 1.165) is 30.5 Å². The van der Waals surface area contributed by atoms with Gasteiger partial charge in [-0.3, -0.25) is 4.79 Å². The maximum absolute atomic E-state index is 12.8. The van der Waals surface area contributed by atoms with Crippen LogP contribution >= 0.6 is 0 Å². The molecular formula is C19H21NO. The molecule has 1 aromatic heterocycles. The minimum absolute atomic E-state index is 0.187. The summed E-state index contributed by atoms with van der Waals surface area (Å²) in [4.78, 5) is 12.8. The molecule has 108 valence electrons. The van der Waals surface area contributed by atoms with E-state index >= 15 is 0 Å². The van der Waals surface area contributed by atoms with Crippen molar-refractivity contribution in [2.75, 3.05) is 0 Å². The molecule has 1 saturated carbocycles. The van der Waals surface area contributed by atoms with Gasteiger partial charge in [0.2, 0.25) is 0 Å². The molecule has 3 rings (SSSR count). The Morgan fingerprint density at radius 1 is 1.29 bits per heavy atom. The van der Waals surface area contributed by atoms with Gasteiger partial charge in [0.15, 0.2) is 0 Å². The second-order valence-corrected chi connectivity index (χ2v) is 5.85. The Morgan fingerprint density at radius 2 is 2.00 bits per heavy atom. The third-order valence-corrected chi connectivity index (χ3v) is 4.26. The van der Waals surface area contributed by atoms with Crippen molar-refractivity contribution >= 4 is 0 Å². The summed E-state index contributed by atoms with van der Waals surface area (Å²) in [5, 5.41) is 0. The Hall–Kier alpha value is -2.09. The van der Waals surface area contributed by atoms with Gasteiger partial charge >= 0.3 is 0 Å². The summed E-state index contributed by atoms with van der Waals surface area (Å²) in [6.07, 6.45) is 5.03. The van der Waals surface area contributed by atoms with E-state index in [-0.39, 0.29) is 5.56 Å². The summed E-state index contributed by atoms with van der Waals surface area (Å²) in [6, 6.07) is 12.3. The van der Waals surface area contributed by atoms with Crippen molar-refractivity contribution in [3.63, 3.8) is 0 Å². The summed E-state index contributed by atoms with van der Waals surface area (Å²) in [6.45, 7) is 6.53. The van der Waals surface area contributed by atoms with E-state index in [9.17, 15) is 4.79 Å². The lowest BCUT2D eigenvalue weighted by Gasteiger charge is -2.16. The average Bonchev–Trinajstić information content (AvgIpc) is 3.32. The highest BCUT2D eigenvalue weighted by molar-refractivity contribution is 5.32. The molecule has 0 atom stereocenters. The summed E-state index contributed by atoms with van der Waals surface area (Å²) in [5.74, 6) is 0.476. The quantitative estimate of drug-likeness (QED) is 0.763. The minimum Gasteiger partial charge on any atom is -0.308 e. The molecule has 0 unspecified atom stereocenters. The topological polar surface area (TPSA) is 22.0 Å². The summed E-state index contributed by atoms with van der Waals surface area (Å²) in [5.41, 5.74) is 4.64. The molecule has 2 nitrogen and oxygen atoms in total. The zero-order chi connectivity index (χ0) is 14.8. The highest BCUT2D eigenvalue weighted by Crippen LogP contribution is 2.38. The van der Waals surface area contributed by atoms with Crippen LogP contribution in [0.4, 0.5) is 0 Å². The number of hydrogen-bond donors (Lipinski definition) is 0. The predicted molar refractivity (Wildman–Crippen MR) is 86.9 cm³/mol. The maximum Gasteiger partial charge on any atom is 0.254 e. The number of rotatable bonds is 5. The largest absolute Gasteiger partial charge is 0.308 e. The van der Waals surface area contributed by atoms with E-state index in [1.807, 2.05) is 35.8 Å². The van der Waals surface area contributed by atoms with Crippen molar-refractivity contribution in [3.05, 3.63) is 81.8 Å². The van der Waals surface area contributed by atoms with Gasteiger partial charge in [-0.15, -0.1) is 6.58 Å². The first-order chi connectivity index (χ1) is 10.2. The van der Waals surface area contributed by atoms with Crippen molar-refractivity contribution in [1.29, 1.82) is 0 Å². The molecule has 1 heterocycles. The lowest BCUT2D eigenvalue weighted by molar-refractivity contribution is 0.707. The molecule has 0 bridgehead atoms. The van der Waals surface area contributed by atoms with Crippen LogP contribution in [0.2, 0.25) is 0 Å². The van der Waals surface area contributed by atoms with Gasteiger partial charge in [0.1, 0.15) is 0 Å². The SMILES string of the molecule is C=CCc1cc(C2CC2)c(=O)n(Cc2ccccc2)c1C. The van der Waals surface area contributed by atoms with E-state index in [1.165, 1.54) is 11.1 Å². The van der Waals surface area contributed by atoms with Crippen molar-refractivity contribution in [3.8, 4) is 0 Å². The summed E-state index contributed by atoms with van der Waals surface area (Å²) >= 11 is 0. The molecule has 0 spiro atoms. The third kappa shape index (κ3) is 2.85. The van der Waals surface area contributed by atoms with Gasteiger partial charge in [-0.25, -0.2) is 0 Å². The second kappa shape index (κ2) is 5.72. The predicted octanol–water partition coefficient (Wildman–Crippen LogP) is 3.81. The van der Waals surface area contributed by atoms with E-state index in [4.69, 9.17) is 0 Å². The maximum atomic E-state index is 12.8. The van der Waals surface area contributed by atoms with Crippen molar-refractivity contribution in [2.24, 2.45) is 0 Å². The number of allylic oxidation sites excluding steroid dienone is 1. The smallest absolute Gasteiger partial charge is 0.254 e. The third-order valence-electron chi connectivity index (χ3n) is 4.26. The number of hydrogen-bond acceptors (Lipinski definition) is 1. The van der Waals surface area contributed by atoms with Gasteiger partial charge in [-0.1, -0.05) is 36.4 Å². The van der Waals surface area contributed by atoms with E-state index in [0.29, 0.717) is 12.5 Å². The van der Waals surface area contributed by atoms with Gasteiger partial charge in [0, 0.05) is 11.3 Å². The normalized spacial score (nSPS) is 14.1. The molecular weight excluding hydrogens is 258 g/mol. The van der Waals surface area contributed by atoms with Crippen LogP contribution in [0.1, 0.15) is 41.1 Å². The molecule has 1 aliphatic rings. The lowest BCUT2D eigenvalue weighted by Crippen LogP contribution is -2.27. The fourth-order valence-electron chi connectivity index (χ4n) is 2.84. The van der Waals surface area contributed by atoms with Crippen LogP contribution in [-0.4, -0.2) is 4.57 Å². The number of pyridine rings is 1. The van der Waals surface area contributed by atoms with Crippen molar-refractivity contribution in [2.45, 2.75) is 38.6 Å². The molecule has 2 heteroatoms. The Morgan fingerprint density at radius 3 is 2.62 bits per heavy atom. The van der Waals surface area contributed by atoms with Crippen LogP contribution in [0.15, 0.2) is 53.8 Å². The molecule has 2 aromatic rings. The minimum atomic E-state index is 0.187. The van der Waals surface area contributed by atoms with Crippen molar-refractivity contribution in [1.82, 2.24) is 4.57 Å². The highest BCUT2D eigenvalue weighted by atomic mass is 16.1. The van der Waals surface area contributed by atoms with Crippen LogP contribution in [0.3, 0.4) is 0 Å². The Bertz CT molecular complexity index is 708. The fraction of sp³-hybridized carbons (Fsp3) is 0.316. The second-order valence-electron chi connectivity index (χ2n) is 5.85. The monoisotopic (exact) mass is 279 g/mol. The van der Waals surface area contributed by atoms with Gasteiger partial charge in [0.05, 0.1) is 6.54 Å². The van der Waals surface area contributed by atoms with E-state index < -0.39 is 0 Å². The van der Waals surface area contributed by atoms with Gasteiger partial charge < -0.3 is 4.57 Å².